The van der Waals surface area contributed by atoms with Gasteiger partial charge in [0.2, 0.25) is 0 Å². The summed E-state index contributed by atoms with van der Waals surface area (Å²) in [6, 6.07) is 5.92. The lowest BCUT2D eigenvalue weighted by Crippen LogP contribution is -2.04. The lowest BCUT2D eigenvalue weighted by molar-refractivity contribution is 0.266. The number of unbranched alkanes of at least 4 members (excludes halogenated alkanes) is 1. The van der Waals surface area contributed by atoms with Crippen LogP contribution < -0.4 is 14.2 Å². The smallest absolute Gasteiger partial charge is 0.156 e. The molecule has 10 heteroatoms. The molecule has 29 heavy (non-hydrogen) atoms. The Morgan fingerprint density at radius 1 is 0.759 bits per heavy atom. The SMILES string of the molecule is Oc1cc(Cl)c(OCCCCOc2c(Cl)cc(OCC=C(Cl)Cl)cc2Cl)c(Cl)c1. The quantitative estimate of drug-likeness (QED) is 0.323. The van der Waals surface area contributed by atoms with Crippen LogP contribution in [0, 0.1) is 0 Å². The van der Waals surface area contributed by atoms with Crippen LogP contribution >= 0.6 is 69.6 Å². The predicted molar refractivity (Wildman–Crippen MR) is 120 cm³/mol. The summed E-state index contributed by atoms with van der Waals surface area (Å²) in [5.41, 5.74) is 0. The molecule has 0 heterocycles. The molecule has 0 amide bonds. The van der Waals surface area contributed by atoms with Gasteiger partial charge in [-0.05, 0) is 18.9 Å². The van der Waals surface area contributed by atoms with Crippen LogP contribution in [-0.2, 0) is 0 Å². The summed E-state index contributed by atoms with van der Waals surface area (Å²) in [7, 11) is 0. The highest BCUT2D eigenvalue weighted by Crippen LogP contribution is 2.38. The van der Waals surface area contributed by atoms with Crippen LogP contribution in [0.3, 0.4) is 0 Å². The normalized spacial score (nSPS) is 10.6. The predicted octanol–water partition coefficient (Wildman–Crippen LogP) is 7.94. The van der Waals surface area contributed by atoms with Crippen molar-refractivity contribution in [1.82, 2.24) is 0 Å². The second-order valence-corrected chi connectivity index (χ2v) is 8.30. The minimum Gasteiger partial charge on any atom is -0.508 e. The minimum atomic E-state index is -0.0229. The van der Waals surface area contributed by atoms with Crippen molar-refractivity contribution in [3.05, 3.63) is 54.9 Å². The van der Waals surface area contributed by atoms with Gasteiger partial charge in [0.25, 0.3) is 0 Å². The molecule has 4 nitrogen and oxygen atoms in total. The summed E-state index contributed by atoms with van der Waals surface area (Å²) < 4.78 is 16.8. The van der Waals surface area contributed by atoms with E-state index in [0.29, 0.717) is 53.3 Å². The second-order valence-electron chi connectivity index (χ2n) is 5.66. The summed E-state index contributed by atoms with van der Waals surface area (Å²) in [5.74, 6) is 1.15. The number of aromatic hydroxyl groups is 1. The third kappa shape index (κ3) is 8.05. The summed E-state index contributed by atoms with van der Waals surface area (Å²) in [6.07, 6.45) is 2.85. The zero-order valence-corrected chi connectivity index (χ0v) is 19.4. The molecule has 0 aliphatic rings. The van der Waals surface area contributed by atoms with Crippen LogP contribution in [-0.4, -0.2) is 24.9 Å². The van der Waals surface area contributed by atoms with Gasteiger partial charge in [0.15, 0.2) is 11.5 Å². The maximum atomic E-state index is 9.41. The topological polar surface area (TPSA) is 47.9 Å². The first-order valence-corrected chi connectivity index (χ1v) is 10.6. The van der Waals surface area contributed by atoms with E-state index in [2.05, 4.69) is 0 Å². The molecule has 0 fully saturated rings. The average molecular weight is 521 g/mol. The third-order valence-corrected chi connectivity index (χ3v) is 4.91. The lowest BCUT2D eigenvalue weighted by atomic mass is 10.3. The van der Waals surface area contributed by atoms with Gasteiger partial charge in [-0.15, -0.1) is 0 Å². The Balaban J connectivity index is 1.78. The van der Waals surface area contributed by atoms with Gasteiger partial charge in [-0.25, -0.2) is 0 Å². The van der Waals surface area contributed by atoms with Crippen molar-refractivity contribution in [2.75, 3.05) is 19.8 Å². The van der Waals surface area contributed by atoms with E-state index >= 15 is 0 Å². The monoisotopic (exact) mass is 518 g/mol. The van der Waals surface area contributed by atoms with Crippen molar-refractivity contribution in [2.45, 2.75) is 12.8 Å². The number of phenolic OH excluding ortho intramolecular Hbond substituents is 1. The van der Waals surface area contributed by atoms with E-state index in [1.165, 1.54) is 18.2 Å². The Hall–Kier alpha value is -0.880. The van der Waals surface area contributed by atoms with E-state index in [0.717, 1.165) is 0 Å². The van der Waals surface area contributed by atoms with E-state index < -0.39 is 0 Å². The van der Waals surface area contributed by atoms with Gasteiger partial charge in [0, 0.05) is 24.3 Å². The first-order chi connectivity index (χ1) is 13.8. The van der Waals surface area contributed by atoms with Crippen LogP contribution in [0.1, 0.15) is 12.8 Å². The number of phenols is 1. The molecule has 1 N–H and O–H groups in total. The number of rotatable bonds is 10. The Kier molecular flexibility index (Phi) is 10.2. The van der Waals surface area contributed by atoms with E-state index in [9.17, 15) is 5.11 Å². The highest BCUT2D eigenvalue weighted by molar-refractivity contribution is 6.55. The number of benzene rings is 2. The lowest BCUT2D eigenvalue weighted by Gasteiger charge is -2.13. The maximum absolute atomic E-state index is 9.41. The second kappa shape index (κ2) is 12.1. The van der Waals surface area contributed by atoms with Crippen molar-refractivity contribution in [3.63, 3.8) is 0 Å². The van der Waals surface area contributed by atoms with Gasteiger partial charge >= 0.3 is 0 Å². The number of ether oxygens (including phenoxy) is 3. The summed E-state index contributed by atoms with van der Waals surface area (Å²) >= 11 is 35.5. The molecular formula is C19H16Cl6O4. The number of halogens is 6. The fourth-order valence-corrected chi connectivity index (χ4v) is 3.48. The van der Waals surface area contributed by atoms with Gasteiger partial charge in [-0.1, -0.05) is 69.6 Å². The summed E-state index contributed by atoms with van der Waals surface area (Å²) in [6.45, 7) is 0.938. The molecule has 0 spiro atoms. The molecule has 0 saturated heterocycles. The number of hydrogen-bond acceptors (Lipinski definition) is 4. The molecule has 0 saturated carbocycles. The van der Waals surface area contributed by atoms with E-state index in [-0.39, 0.29) is 26.9 Å². The summed E-state index contributed by atoms with van der Waals surface area (Å²) in [4.78, 5) is 0. The van der Waals surface area contributed by atoms with Crippen LogP contribution in [0.4, 0.5) is 0 Å². The van der Waals surface area contributed by atoms with Crippen molar-refractivity contribution >= 4 is 69.6 Å². The molecule has 0 radical (unpaired) electrons. The minimum absolute atomic E-state index is 0.0229. The highest BCUT2D eigenvalue weighted by atomic mass is 35.5. The fraction of sp³-hybridized carbons (Fsp3) is 0.263. The van der Waals surface area contributed by atoms with Gasteiger partial charge in [-0.2, -0.15) is 0 Å². The molecule has 2 aromatic carbocycles. The van der Waals surface area contributed by atoms with Crippen molar-refractivity contribution in [1.29, 1.82) is 0 Å². The zero-order chi connectivity index (χ0) is 21.4. The number of hydrogen-bond donors (Lipinski definition) is 1. The largest absolute Gasteiger partial charge is 0.508 e. The Morgan fingerprint density at radius 2 is 1.21 bits per heavy atom. The standard InChI is InChI=1S/C19H16Cl6O4/c20-13-7-11(26)8-14(21)18(13)28-4-1-2-5-29-19-15(22)9-12(10-16(19)23)27-6-3-17(24)25/h3,7-10,26H,1-2,4-6H2. The molecule has 158 valence electrons. The van der Waals surface area contributed by atoms with Crippen LogP contribution in [0.15, 0.2) is 34.8 Å². The first kappa shape index (κ1) is 24.4. The highest BCUT2D eigenvalue weighted by Gasteiger charge is 2.12. The first-order valence-electron chi connectivity index (χ1n) is 8.34. The molecule has 0 unspecified atom stereocenters. The van der Waals surface area contributed by atoms with Gasteiger partial charge < -0.3 is 19.3 Å². The van der Waals surface area contributed by atoms with E-state index in [4.69, 9.17) is 83.8 Å². The summed E-state index contributed by atoms with van der Waals surface area (Å²) in [5, 5.41) is 10.6. The third-order valence-electron chi connectivity index (χ3n) is 3.47. The van der Waals surface area contributed by atoms with Crippen LogP contribution in [0.2, 0.25) is 20.1 Å². The Morgan fingerprint density at radius 3 is 1.66 bits per heavy atom. The molecule has 0 aliphatic carbocycles. The fourth-order valence-electron chi connectivity index (χ4n) is 2.20. The molecule has 0 bridgehead atoms. The molecule has 0 atom stereocenters. The van der Waals surface area contributed by atoms with Crippen molar-refractivity contribution < 1.29 is 19.3 Å². The van der Waals surface area contributed by atoms with Gasteiger partial charge in [0.05, 0.1) is 33.3 Å². The molecule has 0 aromatic heterocycles. The van der Waals surface area contributed by atoms with Gasteiger partial charge in [-0.3, -0.25) is 0 Å². The molecule has 2 aromatic rings. The maximum Gasteiger partial charge on any atom is 0.156 e. The van der Waals surface area contributed by atoms with Crippen LogP contribution in [0.25, 0.3) is 0 Å². The average Bonchev–Trinajstić information content (AvgIpc) is 2.61. The van der Waals surface area contributed by atoms with E-state index in [1.54, 1.807) is 12.1 Å². The Bertz CT molecular complexity index is 822. The molecule has 0 aliphatic heterocycles. The van der Waals surface area contributed by atoms with Crippen LogP contribution in [0.5, 0.6) is 23.0 Å². The zero-order valence-electron chi connectivity index (χ0n) is 14.9. The van der Waals surface area contributed by atoms with Crippen molar-refractivity contribution in [3.8, 4) is 23.0 Å². The molecule has 2 rings (SSSR count). The van der Waals surface area contributed by atoms with Crippen molar-refractivity contribution in [2.24, 2.45) is 0 Å². The Labute approximate surface area is 198 Å². The molecular weight excluding hydrogens is 505 g/mol. The van der Waals surface area contributed by atoms with E-state index in [1.807, 2.05) is 0 Å². The van der Waals surface area contributed by atoms with Gasteiger partial charge in [0.1, 0.15) is 22.6 Å².